The highest BCUT2D eigenvalue weighted by atomic mass is 16.6. The fourth-order valence-corrected chi connectivity index (χ4v) is 1.92. The average molecular weight is 294 g/mol. The first-order valence-corrected chi connectivity index (χ1v) is 6.54. The number of methoxy groups -OCH3 is 1. The summed E-state index contributed by atoms with van der Waals surface area (Å²) in [7, 11) is 3.18. The number of likely N-dealkylation sites (N-methyl/N-ethyl adjacent to an activating group) is 1. The predicted octanol–water partition coefficient (Wildman–Crippen LogP) is 0.641. The van der Waals surface area contributed by atoms with E-state index in [1.165, 1.54) is 12.0 Å². The number of benzene rings is 1. The van der Waals surface area contributed by atoms with Crippen molar-refractivity contribution in [3.05, 3.63) is 24.3 Å². The van der Waals surface area contributed by atoms with Gasteiger partial charge in [0.2, 0.25) is 0 Å². The van der Waals surface area contributed by atoms with Crippen molar-refractivity contribution in [3.8, 4) is 11.5 Å². The second-order valence-electron chi connectivity index (χ2n) is 4.63. The number of cyclic esters (lactones) is 1. The Bertz CT molecular complexity index is 520. The highest BCUT2D eigenvalue weighted by Gasteiger charge is 2.28. The summed E-state index contributed by atoms with van der Waals surface area (Å²) in [5, 5.41) is 2.66. The van der Waals surface area contributed by atoms with Crippen LogP contribution in [0.1, 0.15) is 0 Å². The smallest absolute Gasteiger partial charge is 0.410 e. The molecule has 1 N–H and O–H groups in total. The van der Waals surface area contributed by atoms with Gasteiger partial charge in [-0.3, -0.25) is 4.79 Å². The van der Waals surface area contributed by atoms with Crippen LogP contribution < -0.4 is 14.8 Å². The quantitative estimate of drug-likeness (QED) is 0.833. The zero-order chi connectivity index (χ0) is 15.2. The maximum absolute atomic E-state index is 11.7. The van der Waals surface area contributed by atoms with E-state index in [0.29, 0.717) is 18.0 Å². The Morgan fingerprint density at radius 3 is 2.76 bits per heavy atom. The van der Waals surface area contributed by atoms with E-state index in [9.17, 15) is 9.59 Å². The van der Waals surface area contributed by atoms with Crippen molar-refractivity contribution in [2.45, 2.75) is 6.10 Å². The second kappa shape index (κ2) is 6.83. The number of nitrogens with one attached hydrogen (secondary N) is 1. The molecule has 1 aliphatic heterocycles. The van der Waals surface area contributed by atoms with Crippen molar-refractivity contribution < 1.29 is 23.8 Å². The van der Waals surface area contributed by atoms with Gasteiger partial charge in [-0.15, -0.1) is 0 Å². The number of rotatable bonds is 6. The summed E-state index contributed by atoms with van der Waals surface area (Å²) in [4.78, 5) is 24.3. The molecule has 1 atom stereocenters. The molecule has 0 saturated carbocycles. The molecule has 0 aromatic heterocycles. The Kier molecular flexibility index (Phi) is 4.86. The second-order valence-corrected chi connectivity index (χ2v) is 4.63. The van der Waals surface area contributed by atoms with Crippen LogP contribution in [-0.4, -0.2) is 56.9 Å². The highest BCUT2D eigenvalue weighted by Crippen LogP contribution is 2.25. The normalized spacial score (nSPS) is 17.3. The van der Waals surface area contributed by atoms with Crippen LogP contribution in [0.25, 0.3) is 0 Å². The molecule has 0 radical (unpaired) electrons. The fourth-order valence-electron chi connectivity index (χ4n) is 1.92. The van der Waals surface area contributed by atoms with E-state index in [1.807, 2.05) is 6.07 Å². The summed E-state index contributed by atoms with van der Waals surface area (Å²) in [6.07, 6.45) is -0.697. The molecule has 7 nitrogen and oxygen atoms in total. The molecule has 0 aliphatic carbocycles. The van der Waals surface area contributed by atoms with Crippen LogP contribution >= 0.6 is 0 Å². The van der Waals surface area contributed by atoms with Gasteiger partial charge in [0, 0.05) is 7.05 Å². The lowest BCUT2D eigenvalue weighted by Gasteiger charge is -2.12. The third-order valence-electron chi connectivity index (χ3n) is 3.01. The van der Waals surface area contributed by atoms with E-state index in [-0.39, 0.29) is 31.3 Å². The first-order valence-electron chi connectivity index (χ1n) is 6.54. The minimum absolute atomic E-state index is 0.128. The standard InChI is InChI=1S/C14H18N2O5/c1-16-8-10(21-14(16)18)7-15-13(17)9-20-12-6-4-3-5-11(12)19-2/h3-6,10H,7-9H2,1-2H3,(H,15,17). The fraction of sp³-hybridized carbons (Fsp3) is 0.429. The Labute approximate surface area is 122 Å². The van der Waals surface area contributed by atoms with E-state index < -0.39 is 0 Å². The van der Waals surface area contributed by atoms with Gasteiger partial charge >= 0.3 is 6.09 Å². The van der Waals surface area contributed by atoms with Crippen molar-refractivity contribution in [2.75, 3.05) is 33.9 Å². The molecule has 2 amide bonds. The number of carbonyl (C=O) groups is 2. The van der Waals surface area contributed by atoms with Gasteiger partial charge < -0.3 is 24.4 Å². The minimum atomic E-state index is -0.375. The molecular weight excluding hydrogens is 276 g/mol. The number of carbonyl (C=O) groups excluding carboxylic acids is 2. The molecule has 7 heteroatoms. The molecule has 1 saturated heterocycles. The van der Waals surface area contributed by atoms with Crippen molar-refractivity contribution in [1.82, 2.24) is 10.2 Å². The van der Waals surface area contributed by atoms with Crippen molar-refractivity contribution >= 4 is 12.0 Å². The van der Waals surface area contributed by atoms with Crippen LogP contribution in [-0.2, 0) is 9.53 Å². The maximum Gasteiger partial charge on any atom is 0.410 e. The monoisotopic (exact) mass is 294 g/mol. The van der Waals surface area contributed by atoms with Gasteiger partial charge in [0.05, 0.1) is 20.2 Å². The van der Waals surface area contributed by atoms with Gasteiger partial charge in [-0.25, -0.2) is 4.79 Å². The number of amides is 2. The van der Waals surface area contributed by atoms with Crippen LogP contribution in [0.5, 0.6) is 11.5 Å². The molecule has 1 fully saturated rings. The number of hydrogen-bond donors (Lipinski definition) is 1. The maximum atomic E-state index is 11.7. The van der Waals surface area contributed by atoms with E-state index in [1.54, 1.807) is 25.2 Å². The Hall–Kier alpha value is -2.44. The summed E-state index contributed by atoms with van der Waals surface area (Å²) in [5.74, 6) is 0.783. The molecule has 1 aromatic carbocycles. The van der Waals surface area contributed by atoms with E-state index in [0.717, 1.165) is 0 Å². The summed E-state index contributed by atoms with van der Waals surface area (Å²) in [6, 6.07) is 7.08. The number of ether oxygens (including phenoxy) is 3. The van der Waals surface area contributed by atoms with Gasteiger partial charge in [-0.2, -0.15) is 0 Å². The first-order chi connectivity index (χ1) is 10.1. The zero-order valence-electron chi connectivity index (χ0n) is 12.0. The largest absolute Gasteiger partial charge is 0.493 e. The SMILES string of the molecule is COc1ccccc1OCC(=O)NCC1CN(C)C(=O)O1. The molecule has 1 heterocycles. The highest BCUT2D eigenvalue weighted by molar-refractivity contribution is 5.77. The van der Waals surface area contributed by atoms with Crippen molar-refractivity contribution in [3.63, 3.8) is 0 Å². The first kappa shape index (κ1) is 15.0. The Morgan fingerprint density at radius 1 is 1.43 bits per heavy atom. The molecule has 1 aromatic rings. The molecule has 1 aliphatic rings. The van der Waals surface area contributed by atoms with Gasteiger partial charge in [-0.1, -0.05) is 12.1 Å². The third kappa shape index (κ3) is 4.01. The topological polar surface area (TPSA) is 77.1 Å². The summed E-state index contributed by atoms with van der Waals surface area (Å²) >= 11 is 0. The molecular formula is C14H18N2O5. The molecule has 0 bridgehead atoms. The predicted molar refractivity (Wildman–Crippen MR) is 74.4 cm³/mol. The van der Waals surface area contributed by atoms with Crippen molar-refractivity contribution in [1.29, 1.82) is 0 Å². The number of para-hydroxylation sites is 2. The van der Waals surface area contributed by atoms with Gasteiger partial charge in [0.15, 0.2) is 18.1 Å². The van der Waals surface area contributed by atoms with E-state index >= 15 is 0 Å². The van der Waals surface area contributed by atoms with Gasteiger partial charge in [0.1, 0.15) is 6.10 Å². The van der Waals surface area contributed by atoms with Crippen LogP contribution in [0, 0.1) is 0 Å². The zero-order valence-corrected chi connectivity index (χ0v) is 12.0. The van der Waals surface area contributed by atoms with Crippen LogP contribution in [0.4, 0.5) is 4.79 Å². The van der Waals surface area contributed by atoms with Gasteiger partial charge in [0.25, 0.3) is 5.91 Å². The molecule has 21 heavy (non-hydrogen) atoms. The molecule has 0 spiro atoms. The lowest BCUT2D eigenvalue weighted by molar-refractivity contribution is -0.123. The van der Waals surface area contributed by atoms with Crippen molar-refractivity contribution in [2.24, 2.45) is 0 Å². The lowest BCUT2D eigenvalue weighted by atomic mass is 10.3. The Balaban J connectivity index is 1.74. The van der Waals surface area contributed by atoms with Gasteiger partial charge in [-0.05, 0) is 12.1 Å². The summed E-state index contributed by atoms with van der Waals surface area (Å²) in [5.41, 5.74) is 0. The van der Waals surface area contributed by atoms with Crippen LogP contribution in [0.3, 0.4) is 0 Å². The molecule has 2 rings (SSSR count). The minimum Gasteiger partial charge on any atom is -0.493 e. The molecule has 114 valence electrons. The Morgan fingerprint density at radius 2 is 2.14 bits per heavy atom. The third-order valence-corrected chi connectivity index (χ3v) is 3.01. The summed E-state index contributed by atoms with van der Waals surface area (Å²) in [6.45, 7) is 0.605. The number of nitrogens with zero attached hydrogens (tertiary/aromatic N) is 1. The number of hydrogen-bond acceptors (Lipinski definition) is 5. The van der Waals surface area contributed by atoms with Crippen LogP contribution in [0.15, 0.2) is 24.3 Å². The lowest BCUT2D eigenvalue weighted by Crippen LogP contribution is -2.36. The van der Waals surface area contributed by atoms with Crippen LogP contribution in [0.2, 0.25) is 0 Å². The van der Waals surface area contributed by atoms with E-state index in [2.05, 4.69) is 5.32 Å². The molecule has 1 unspecified atom stereocenters. The summed E-state index contributed by atoms with van der Waals surface area (Å²) < 4.78 is 15.5. The average Bonchev–Trinajstić information content (AvgIpc) is 2.82. The van der Waals surface area contributed by atoms with E-state index in [4.69, 9.17) is 14.2 Å².